The maximum atomic E-state index is 10.0. The predicted octanol–water partition coefficient (Wildman–Crippen LogP) is 1.89. The lowest BCUT2D eigenvalue weighted by atomic mass is 10.0. The van der Waals surface area contributed by atoms with Crippen LogP contribution >= 0.6 is 0 Å². The molecule has 3 heteroatoms. The van der Waals surface area contributed by atoms with Crippen LogP contribution < -0.4 is 0 Å². The summed E-state index contributed by atoms with van der Waals surface area (Å²) in [5, 5.41) is 10.0. The molecular formula is C13H27NO2. The number of hydrogen-bond acceptors (Lipinski definition) is 3. The topological polar surface area (TPSA) is 32.7 Å². The predicted molar refractivity (Wildman–Crippen MR) is 66.5 cm³/mol. The second kappa shape index (κ2) is 7.25. The molecule has 1 rings (SSSR count). The first kappa shape index (κ1) is 13.9. The molecule has 16 heavy (non-hydrogen) atoms. The van der Waals surface area contributed by atoms with Gasteiger partial charge in [0.2, 0.25) is 0 Å². The Balaban J connectivity index is 2.10. The highest BCUT2D eigenvalue weighted by atomic mass is 16.5. The summed E-state index contributed by atoms with van der Waals surface area (Å²) in [6.45, 7) is 6.54. The van der Waals surface area contributed by atoms with E-state index in [0.29, 0.717) is 12.0 Å². The zero-order chi connectivity index (χ0) is 12.0. The first-order valence-corrected chi connectivity index (χ1v) is 6.58. The molecule has 0 bridgehead atoms. The fraction of sp³-hybridized carbons (Fsp3) is 1.00. The Bertz CT molecular complexity index is 179. The second-order valence-electron chi connectivity index (χ2n) is 5.29. The number of hydrogen-bond donors (Lipinski definition) is 1. The van der Waals surface area contributed by atoms with Gasteiger partial charge >= 0.3 is 0 Å². The van der Waals surface area contributed by atoms with Crippen molar-refractivity contribution < 1.29 is 9.84 Å². The molecule has 0 aliphatic heterocycles. The van der Waals surface area contributed by atoms with Crippen molar-refractivity contribution in [3.05, 3.63) is 0 Å². The summed E-state index contributed by atoms with van der Waals surface area (Å²) in [5.41, 5.74) is 0. The van der Waals surface area contributed by atoms with Crippen LogP contribution in [0.4, 0.5) is 0 Å². The molecule has 1 fully saturated rings. The summed E-state index contributed by atoms with van der Waals surface area (Å²) in [5.74, 6) is 0.536. The average molecular weight is 229 g/mol. The van der Waals surface area contributed by atoms with Gasteiger partial charge in [-0.25, -0.2) is 0 Å². The number of aliphatic hydroxyl groups excluding tert-OH is 1. The Labute approximate surface area is 99.8 Å². The monoisotopic (exact) mass is 229 g/mol. The minimum Gasteiger partial charge on any atom is -0.392 e. The molecule has 0 saturated heterocycles. The first-order valence-electron chi connectivity index (χ1n) is 6.58. The third kappa shape index (κ3) is 5.28. The van der Waals surface area contributed by atoms with E-state index in [2.05, 4.69) is 11.9 Å². The van der Waals surface area contributed by atoms with Gasteiger partial charge in [-0.3, -0.25) is 0 Å². The molecule has 0 aromatic carbocycles. The minimum absolute atomic E-state index is 0.147. The number of nitrogens with zero attached hydrogens (tertiary/aromatic N) is 1. The first-order chi connectivity index (χ1) is 7.59. The fourth-order valence-electron chi connectivity index (χ4n) is 2.35. The molecular weight excluding hydrogens is 202 g/mol. The van der Waals surface area contributed by atoms with E-state index < -0.39 is 0 Å². The fourth-order valence-corrected chi connectivity index (χ4v) is 2.35. The number of rotatable bonds is 7. The summed E-state index contributed by atoms with van der Waals surface area (Å²) in [6.07, 6.45) is 5.15. The van der Waals surface area contributed by atoms with Crippen LogP contribution in [0.1, 0.15) is 39.5 Å². The van der Waals surface area contributed by atoms with Gasteiger partial charge in [0, 0.05) is 13.1 Å². The summed E-state index contributed by atoms with van der Waals surface area (Å²) in [7, 11) is 2.06. The summed E-state index contributed by atoms with van der Waals surface area (Å²) in [6, 6.07) is 0. The van der Waals surface area contributed by atoms with Crippen molar-refractivity contribution in [2.24, 2.45) is 5.92 Å². The molecule has 0 radical (unpaired) electrons. The van der Waals surface area contributed by atoms with Crippen LogP contribution in [0.25, 0.3) is 0 Å². The Hall–Kier alpha value is -0.120. The maximum Gasteiger partial charge on any atom is 0.0695 e. The summed E-state index contributed by atoms with van der Waals surface area (Å²) < 4.78 is 5.50. The van der Waals surface area contributed by atoms with Gasteiger partial charge in [-0.1, -0.05) is 12.8 Å². The Morgan fingerprint density at radius 2 is 1.94 bits per heavy atom. The quantitative estimate of drug-likeness (QED) is 0.723. The summed E-state index contributed by atoms with van der Waals surface area (Å²) >= 11 is 0. The van der Waals surface area contributed by atoms with Crippen molar-refractivity contribution in [2.75, 3.05) is 26.7 Å². The van der Waals surface area contributed by atoms with Gasteiger partial charge in [-0.2, -0.15) is 0 Å². The zero-order valence-electron chi connectivity index (χ0n) is 11.0. The SMILES string of the molecule is CC(C)OCCN(C)CC(O)C1CCCC1. The standard InChI is InChI=1S/C13H27NO2/c1-11(2)16-9-8-14(3)10-13(15)12-6-4-5-7-12/h11-13,15H,4-10H2,1-3H3. The van der Waals surface area contributed by atoms with Crippen LogP contribution in [-0.2, 0) is 4.74 Å². The van der Waals surface area contributed by atoms with Gasteiger partial charge in [-0.05, 0) is 39.7 Å². The van der Waals surface area contributed by atoms with Gasteiger partial charge in [0.1, 0.15) is 0 Å². The molecule has 96 valence electrons. The van der Waals surface area contributed by atoms with Gasteiger partial charge in [0.05, 0.1) is 18.8 Å². The molecule has 1 unspecified atom stereocenters. The number of aliphatic hydroxyl groups is 1. The highest BCUT2D eigenvalue weighted by Crippen LogP contribution is 2.27. The molecule has 1 aliphatic carbocycles. The van der Waals surface area contributed by atoms with Crippen LogP contribution in [0.2, 0.25) is 0 Å². The molecule has 0 spiro atoms. The Morgan fingerprint density at radius 1 is 1.31 bits per heavy atom. The molecule has 1 N–H and O–H groups in total. The smallest absolute Gasteiger partial charge is 0.0695 e. The van der Waals surface area contributed by atoms with Crippen molar-refractivity contribution in [1.29, 1.82) is 0 Å². The van der Waals surface area contributed by atoms with Crippen LogP contribution in [0.5, 0.6) is 0 Å². The number of likely N-dealkylation sites (N-methyl/N-ethyl adjacent to an activating group) is 1. The van der Waals surface area contributed by atoms with E-state index in [-0.39, 0.29) is 6.10 Å². The van der Waals surface area contributed by atoms with Crippen molar-refractivity contribution in [1.82, 2.24) is 4.90 Å². The highest BCUT2D eigenvalue weighted by Gasteiger charge is 2.23. The molecule has 0 heterocycles. The van der Waals surface area contributed by atoms with Crippen molar-refractivity contribution in [3.63, 3.8) is 0 Å². The van der Waals surface area contributed by atoms with Gasteiger partial charge in [0.25, 0.3) is 0 Å². The van der Waals surface area contributed by atoms with E-state index in [9.17, 15) is 5.11 Å². The van der Waals surface area contributed by atoms with E-state index >= 15 is 0 Å². The van der Waals surface area contributed by atoms with E-state index in [1.807, 2.05) is 13.8 Å². The van der Waals surface area contributed by atoms with E-state index in [1.54, 1.807) is 0 Å². The average Bonchev–Trinajstić information content (AvgIpc) is 2.69. The van der Waals surface area contributed by atoms with Gasteiger partial charge in [0.15, 0.2) is 0 Å². The largest absolute Gasteiger partial charge is 0.392 e. The summed E-state index contributed by atoms with van der Waals surface area (Å²) in [4.78, 5) is 2.17. The molecule has 0 aromatic rings. The van der Waals surface area contributed by atoms with Gasteiger partial charge < -0.3 is 14.7 Å². The molecule has 0 amide bonds. The van der Waals surface area contributed by atoms with E-state index in [4.69, 9.17) is 4.74 Å². The molecule has 1 atom stereocenters. The molecule has 1 saturated carbocycles. The normalized spacial score (nSPS) is 19.9. The van der Waals surface area contributed by atoms with Crippen LogP contribution in [0.3, 0.4) is 0 Å². The third-order valence-corrected chi connectivity index (χ3v) is 3.37. The molecule has 3 nitrogen and oxygen atoms in total. The van der Waals surface area contributed by atoms with Gasteiger partial charge in [-0.15, -0.1) is 0 Å². The van der Waals surface area contributed by atoms with Crippen LogP contribution in [-0.4, -0.2) is 49.0 Å². The van der Waals surface area contributed by atoms with E-state index in [0.717, 1.165) is 19.7 Å². The lowest BCUT2D eigenvalue weighted by Gasteiger charge is -2.24. The Kier molecular flexibility index (Phi) is 6.32. The lowest BCUT2D eigenvalue weighted by molar-refractivity contribution is 0.0392. The van der Waals surface area contributed by atoms with Crippen molar-refractivity contribution >= 4 is 0 Å². The maximum absolute atomic E-state index is 10.0. The minimum atomic E-state index is -0.147. The Morgan fingerprint density at radius 3 is 2.50 bits per heavy atom. The highest BCUT2D eigenvalue weighted by molar-refractivity contribution is 4.76. The third-order valence-electron chi connectivity index (χ3n) is 3.37. The zero-order valence-corrected chi connectivity index (χ0v) is 11.0. The van der Waals surface area contributed by atoms with Crippen LogP contribution in [0.15, 0.2) is 0 Å². The molecule has 1 aliphatic rings. The number of ether oxygens (including phenoxy) is 1. The second-order valence-corrected chi connectivity index (χ2v) is 5.29. The lowest BCUT2D eigenvalue weighted by Crippen LogP contribution is -2.35. The van der Waals surface area contributed by atoms with Crippen molar-refractivity contribution in [2.45, 2.75) is 51.7 Å². The van der Waals surface area contributed by atoms with Crippen LogP contribution in [0, 0.1) is 5.92 Å². The van der Waals surface area contributed by atoms with Crippen molar-refractivity contribution in [3.8, 4) is 0 Å². The van der Waals surface area contributed by atoms with E-state index in [1.165, 1.54) is 25.7 Å². The molecule has 0 aromatic heterocycles.